The highest BCUT2D eigenvalue weighted by molar-refractivity contribution is 4.92. The summed E-state index contributed by atoms with van der Waals surface area (Å²) in [7, 11) is 0. The van der Waals surface area contributed by atoms with Gasteiger partial charge in [-0.3, -0.25) is 0 Å². The second-order valence-corrected chi connectivity index (χ2v) is 6.52. The Morgan fingerprint density at radius 1 is 1.07 bits per heavy atom. The molecule has 0 radical (unpaired) electrons. The molecule has 2 aliphatic rings. The second kappa shape index (κ2) is 3.52. The Kier molecular flexibility index (Phi) is 2.63. The maximum absolute atomic E-state index is 6.14. The van der Waals surface area contributed by atoms with Gasteiger partial charge in [0.1, 0.15) is 0 Å². The Morgan fingerprint density at radius 3 is 2.43 bits per heavy atom. The van der Waals surface area contributed by atoms with Crippen LogP contribution in [0, 0.1) is 23.2 Å². The number of hydrogen-bond acceptors (Lipinski definition) is 1. The lowest BCUT2D eigenvalue weighted by atomic mass is 9.62. The van der Waals surface area contributed by atoms with E-state index in [1.165, 1.54) is 32.1 Å². The van der Waals surface area contributed by atoms with Gasteiger partial charge in [0.05, 0.1) is 0 Å². The molecule has 0 aromatic carbocycles. The monoisotopic (exact) mass is 195 g/mol. The fourth-order valence-electron chi connectivity index (χ4n) is 3.86. The van der Waals surface area contributed by atoms with E-state index in [2.05, 4.69) is 20.8 Å². The number of fused-ring (bicyclic) bond motifs is 2. The summed E-state index contributed by atoms with van der Waals surface area (Å²) in [6.07, 6.45) is 6.75. The molecular weight excluding hydrogens is 170 g/mol. The first-order valence-electron chi connectivity index (χ1n) is 6.23. The van der Waals surface area contributed by atoms with Gasteiger partial charge in [0, 0.05) is 6.04 Å². The summed E-state index contributed by atoms with van der Waals surface area (Å²) in [6, 6.07) is 0.487. The average Bonchev–Trinajstić information content (AvgIpc) is 2.17. The van der Waals surface area contributed by atoms with Crippen LogP contribution in [0.15, 0.2) is 0 Å². The van der Waals surface area contributed by atoms with Gasteiger partial charge in [0.25, 0.3) is 0 Å². The van der Waals surface area contributed by atoms with Crippen LogP contribution in [-0.4, -0.2) is 6.04 Å². The van der Waals surface area contributed by atoms with E-state index in [0.29, 0.717) is 11.5 Å². The lowest BCUT2D eigenvalue weighted by Crippen LogP contribution is -2.35. The normalized spacial score (nSPS) is 47.1. The van der Waals surface area contributed by atoms with Gasteiger partial charge in [-0.1, -0.05) is 20.8 Å². The summed E-state index contributed by atoms with van der Waals surface area (Å²) in [5.41, 5.74) is 6.72. The first-order valence-corrected chi connectivity index (χ1v) is 6.23. The topological polar surface area (TPSA) is 26.0 Å². The fraction of sp³-hybridized carbons (Fsp3) is 1.00. The van der Waals surface area contributed by atoms with E-state index in [-0.39, 0.29) is 0 Å². The van der Waals surface area contributed by atoms with Crippen LogP contribution in [0.5, 0.6) is 0 Å². The van der Waals surface area contributed by atoms with E-state index in [1.807, 2.05) is 0 Å². The zero-order valence-electron chi connectivity index (χ0n) is 9.92. The van der Waals surface area contributed by atoms with Crippen molar-refractivity contribution in [3.05, 3.63) is 0 Å². The largest absolute Gasteiger partial charge is 0.328 e. The molecule has 0 aliphatic heterocycles. The molecule has 2 N–H and O–H groups in total. The summed E-state index contributed by atoms with van der Waals surface area (Å²) in [5.74, 6) is 2.79. The minimum Gasteiger partial charge on any atom is -0.328 e. The van der Waals surface area contributed by atoms with Gasteiger partial charge in [-0.15, -0.1) is 0 Å². The third-order valence-corrected chi connectivity index (χ3v) is 4.63. The molecular formula is C13H25N. The number of rotatable bonds is 0. The molecule has 82 valence electrons. The second-order valence-electron chi connectivity index (χ2n) is 6.52. The summed E-state index contributed by atoms with van der Waals surface area (Å²) >= 11 is 0. The molecule has 4 atom stereocenters. The number of hydrogen-bond donors (Lipinski definition) is 1. The van der Waals surface area contributed by atoms with Crippen molar-refractivity contribution < 1.29 is 0 Å². The van der Waals surface area contributed by atoms with E-state index >= 15 is 0 Å². The third-order valence-electron chi connectivity index (χ3n) is 4.63. The van der Waals surface area contributed by atoms with Crippen molar-refractivity contribution in [1.82, 2.24) is 0 Å². The molecule has 2 fully saturated rings. The lowest BCUT2D eigenvalue weighted by Gasteiger charge is -2.43. The zero-order chi connectivity index (χ0) is 10.3. The van der Waals surface area contributed by atoms with E-state index in [9.17, 15) is 0 Å². The molecule has 0 amide bonds. The highest BCUT2D eigenvalue weighted by Crippen LogP contribution is 2.49. The van der Waals surface area contributed by atoms with Gasteiger partial charge in [0.2, 0.25) is 0 Å². The third kappa shape index (κ3) is 1.98. The van der Waals surface area contributed by atoms with Crippen LogP contribution < -0.4 is 5.73 Å². The van der Waals surface area contributed by atoms with Crippen LogP contribution in [0.4, 0.5) is 0 Å². The van der Waals surface area contributed by atoms with Crippen molar-refractivity contribution >= 4 is 0 Å². The van der Waals surface area contributed by atoms with Crippen molar-refractivity contribution in [3.8, 4) is 0 Å². The molecule has 1 nitrogen and oxygen atoms in total. The Balaban J connectivity index is 2.16. The van der Waals surface area contributed by atoms with Crippen molar-refractivity contribution in [1.29, 1.82) is 0 Å². The highest BCUT2D eigenvalue weighted by Gasteiger charge is 2.41. The molecule has 0 aromatic heterocycles. The molecule has 0 saturated heterocycles. The van der Waals surface area contributed by atoms with E-state index in [1.54, 1.807) is 0 Å². The van der Waals surface area contributed by atoms with Crippen LogP contribution >= 0.6 is 0 Å². The predicted molar refractivity (Wildman–Crippen MR) is 61.0 cm³/mol. The number of nitrogens with two attached hydrogens (primary N) is 1. The Hall–Kier alpha value is -0.0400. The lowest BCUT2D eigenvalue weighted by molar-refractivity contribution is 0.0681. The molecule has 0 spiro atoms. The van der Waals surface area contributed by atoms with Crippen molar-refractivity contribution in [2.75, 3.05) is 0 Å². The first kappa shape index (κ1) is 10.5. The standard InChI is InChI=1S/C13H25N/c1-9-10-4-5-12(14)6-11(9)8-13(2,3)7-10/h9-12H,4-8,14H2,1-3H3. The Morgan fingerprint density at radius 2 is 1.71 bits per heavy atom. The predicted octanol–water partition coefficient (Wildman–Crippen LogP) is 3.19. The molecule has 2 rings (SSSR count). The SMILES string of the molecule is CC1C2CCC(N)CC1CC(C)(C)C2. The van der Waals surface area contributed by atoms with E-state index < -0.39 is 0 Å². The van der Waals surface area contributed by atoms with E-state index in [0.717, 1.165) is 17.8 Å². The minimum atomic E-state index is 0.487. The maximum Gasteiger partial charge on any atom is 0.00416 e. The fourth-order valence-corrected chi connectivity index (χ4v) is 3.86. The van der Waals surface area contributed by atoms with Crippen molar-refractivity contribution in [2.45, 2.75) is 58.9 Å². The van der Waals surface area contributed by atoms with Gasteiger partial charge < -0.3 is 5.73 Å². The van der Waals surface area contributed by atoms with Gasteiger partial charge in [-0.25, -0.2) is 0 Å². The minimum absolute atomic E-state index is 0.487. The van der Waals surface area contributed by atoms with Gasteiger partial charge in [-0.2, -0.15) is 0 Å². The van der Waals surface area contributed by atoms with Crippen molar-refractivity contribution in [2.24, 2.45) is 28.9 Å². The molecule has 2 aliphatic carbocycles. The maximum atomic E-state index is 6.14. The smallest absolute Gasteiger partial charge is 0.00416 e. The van der Waals surface area contributed by atoms with Crippen LogP contribution in [0.2, 0.25) is 0 Å². The van der Waals surface area contributed by atoms with E-state index in [4.69, 9.17) is 5.73 Å². The summed E-state index contributed by atoms with van der Waals surface area (Å²) in [6.45, 7) is 7.34. The van der Waals surface area contributed by atoms with Crippen LogP contribution in [-0.2, 0) is 0 Å². The molecule has 1 heteroatoms. The van der Waals surface area contributed by atoms with Gasteiger partial charge >= 0.3 is 0 Å². The highest BCUT2D eigenvalue weighted by atomic mass is 14.6. The van der Waals surface area contributed by atoms with Crippen LogP contribution in [0.3, 0.4) is 0 Å². The molecule has 2 bridgehead atoms. The average molecular weight is 195 g/mol. The van der Waals surface area contributed by atoms with Crippen molar-refractivity contribution in [3.63, 3.8) is 0 Å². The van der Waals surface area contributed by atoms with Crippen LogP contribution in [0.25, 0.3) is 0 Å². The van der Waals surface area contributed by atoms with Gasteiger partial charge in [-0.05, 0) is 55.3 Å². The first-order chi connectivity index (χ1) is 6.48. The summed E-state index contributed by atoms with van der Waals surface area (Å²) in [5, 5.41) is 0. The molecule has 0 heterocycles. The zero-order valence-corrected chi connectivity index (χ0v) is 9.92. The van der Waals surface area contributed by atoms with Gasteiger partial charge in [0.15, 0.2) is 0 Å². The Labute approximate surface area is 88.4 Å². The summed E-state index contributed by atoms with van der Waals surface area (Å²) in [4.78, 5) is 0. The molecule has 2 saturated carbocycles. The quantitative estimate of drug-likeness (QED) is 0.631. The van der Waals surface area contributed by atoms with Crippen LogP contribution in [0.1, 0.15) is 52.9 Å². The molecule has 4 unspecified atom stereocenters. The molecule has 14 heavy (non-hydrogen) atoms. The Bertz CT molecular complexity index is 209. The summed E-state index contributed by atoms with van der Waals surface area (Å²) < 4.78 is 0. The molecule has 0 aromatic rings.